The van der Waals surface area contributed by atoms with Gasteiger partial charge in [-0.15, -0.1) is 0 Å². The minimum Gasteiger partial charge on any atom is -0.372 e. The van der Waals surface area contributed by atoms with Crippen LogP contribution < -0.4 is 10.6 Å². The summed E-state index contributed by atoms with van der Waals surface area (Å²) in [5.41, 5.74) is 1.47. The summed E-state index contributed by atoms with van der Waals surface area (Å²) in [5.74, 6) is -0.0877. The number of rotatable bonds is 3. The number of urea groups is 1. The van der Waals surface area contributed by atoms with E-state index in [1.54, 1.807) is 11.9 Å². The van der Waals surface area contributed by atoms with Gasteiger partial charge in [-0.25, -0.2) is 4.79 Å². The predicted molar refractivity (Wildman–Crippen MR) is 84.8 cm³/mol. The number of benzene rings is 1. The van der Waals surface area contributed by atoms with Gasteiger partial charge in [0, 0.05) is 25.8 Å². The molecule has 0 bridgehead atoms. The first-order valence-electron chi connectivity index (χ1n) is 7.49. The molecule has 1 aromatic carbocycles. The quantitative estimate of drug-likeness (QED) is 0.891. The number of para-hydroxylation sites is 1. The van der Waals surface area contributed by atoms with Gasteiger partial charge in [0.25, 0.3) is 0 Å². The number of carbonyl (C=O) groups excluding carboxylic acids is 2. The van der Waals surface area contributed by atoms with Crippen molar-refractivity contribution < 1.29 is 14.3 Å². The van der Waals surface area contributed by atoms with Crippen LogP contribution in [0.4, 0.5) is 10.5 Å². The van der Waals surface area contributed by atoms with Gasteiger partial charge in [-0.2, -0.15) is 0 Å². The minimum atomic E-state index is -0.161. The van der Waals surface area contributed by atoms with Crippen molar-refractivity contribution in [3.05, 3.63) is 29.8 Å². The smallest absolute Gasteiger partial charge is 0.322 e. The average Bonchev–Trinajstić information content (AvgIpc) is 2.48. The molecule has 1 heterocycles. The Balaban J connectivity index is 2.06. The summed E-state index contributed by atoms with van der Waals surface area (Å²) < 4.78 is 5.63. The van der Waals surface area contributed by atoms with Crippen LogP contribution in [-0.4, -0.2) is 49.2 Å². The lowest BCUT2D eigenvalue weighted by Crippen LogP contribution is -2.49. The van der Waals surface area contributed by atoms with Crippen molar-refractivity contribution in [2.24, 2.45) is 0 Å². The molecule has 1 saturated heterocycles. The molecule has 22 heavy (non-hydrogen) atoms. The molecule has 6 heteroatoms. The summed E-state index contributed by atoms with van der Waals surface area (Å²) in [6, 6.07) is 7.19. The van der Waals surface area contributed by atoms with E-state index in [1.165, 1.54) is 0 Å². The average molecular weight is 305 g/mol. The summed E-state index contributed by atoms with van der Waals surface area (Å²) in [7, 11) is 1.60. The fourth-order valence-corrected chi connectivity index (χ4v) is 2.60. The topological polar surface area (TPSA) is 70.7 Å². The third-order valence-corrected chi connectivity index (χ3v) is 3.60. The largest absolute Gasteiger partial charge is 0.372 e. The molecule has 0 spiro atoms. The summed E-state index contributed by atoms with van der Waals surface area (Å²) >= 11 is 0. The molecular formula is C16H23N3O3. The molecule has 0 aromatic heterocycles. The van der Waals surface area contributed by atoms with E-state index in [9.17, 15) is 9.59 Å². The zero-order valence-electron chi connectivity index (χ0n) is 13.3. The van der Waals surface area contributed by atoms with Crippen LogP contribution in [0.3, 0.4) is 0 Å². The first-order valence-corrected chi connectivity index (χ1v) is 7.49. The molecule has 1 fully saturated rings. The van der Waals surface area contributed by atoms with Gasteiger partial charge in [-0.3, -0.25) is 4.79 Å². The Morgan fingerprint density at radius 2 is 1.86 bits per heavy atom. The van der Waals surface area contributed by atoms with Gasteiger partial charge in [-0.05, 0) is 25.5 Å². The number of carbonyl (C=O) groups is 2. The Morgan fingerprint density at radius 1 is 1.23 bits per heavy atom. The van der Waals surface area contributed by atoms with Crippen LogP contribution in [0.15, 0.2) is 24.3 Å². The number of ether oxygens (including phenoxy) is 1. The van der Waals surface area contributed by atoms with E-state index in [2.05, 4.69) is 10.6 Å². The molecule has 0 saturated carbocycles. The summed E-state index contributed by atoms with van der Waals surface area (Å²) in [5, 5.41) is 5.49. The van der Waals surface area contributed by atoms with Crippen LogP contribution in [0.2, 0.25) is 0 Å². The molecule has 2 rings (SSSR count). The third kappa shape index (κ3) is 4.21. The number of hydrogen-bond donors (Lipinski definition) is 2. The molecule has 6 nitrogen and oxygen atoms in total. The second-order valence-corrected chi connectivity index (χ2v) is 5.60. The maximum Gasteiger partial charge on any atom is 0.322 e. The van der Waals surface area contributed by atoms with Gasteiger partial charge in [0.15, 0.2) is 0 Å². The van der Waals surface area contributed by atoms with E-state index in [4.69, 9.17) is 4.74 Å². The monoisotopic (exact) mass is 305 g/mol. The SMILES string of the molecule is CNC(=O)Cc1ccccc1NC(=O)N1C[C@@H](C)O[C@H](C)C1. The standard InChI is InChI=1S/C16H23N3O3/c1-11-9-19(10-12(2)22-11)16(21)18-14-7-5-4-6-13(14)8-15(20)17-3/h4-7,11-12H,8-10H2,1-3H3,(H,17,20)(H,18,21)/t11-,12-/m1/s1. The molecule has 2 atom stereocenters. The maximum absolute atomic E-state index is 12.4. The number of likely N-dealkylation sites (N-methyl/N-ethyl adjacent to an activating group) is 1. The van der Waals surface area contributed by atoms with E-state index < -0.39 is 0 Å². The highest BCUT2D eigenvalue weighted by atomic mass is 16.5. The number of hydrogen-bond acceptors (Lipinski definition) is 3. The van der Waals surface area contributed by atoms with Crippen molar-refractivity contribution in [2.75, 3.05) is 25.5 Å². The molecular weight excluding hydrogens is 282 g/mol. The molecule has 0 radical (unpaired) electrons. The second kappa shape index (κ2) is 7.26. The number of nitrogens with one attached hydrogen (secondary N) is 2. The van der Waals surface area contributed by atoms with E-state index in [-0.39, 0.29) is 30.6 Å². The van der Waals surface area contributed by atoms with E-state index >= 15 is 0 Å². The lowest BCUT2D eigenvalue weighted by molar-refractivity contribution is -0.119. The van der Waals surface area contributed by atoms with Crippen molar-refractivity contribution in [2.45, 2.75) is 32.5 Å². The van der Waals surface area contributed by atoms with Gasteiger partial charge < -0.3 is 20.3 Å². The molecule has 2 N–H and O–H groups in total. The van der Waals surface area contributed by atoms with Crippen LogP contribution in [-0.2, 0) is 16.0 Å². The fourth-order valence-electron chi connectivity index (χ4n) is 2.60. The Morgan fingerprint density at radius 3 is 2.50 bits per heavy atom. The zero-order chi connectivity index (χ0) is 16.1. The number of amides is 3. The number of morpholine rings is 1. The van der Waals surface area contributed by atoms with Crippen LogP contribution in [0.25, 0.3) is 0 Å². The molecule has 0 unspecified atom stereocenters. The first kappa shape index (κ1) is 16.3. The van der Waals surface area contributed by atoms with Crippen LogP contribution >= 0.6 is 0 Å². The van der Waals surface area contributed by atoms with Crippen LogP contribution in [0, 0.1) is 0 Å². The molecule has 1 aliphatic heterocycles. The predicted octanol–water partition coefficient (Wildman–Crippen LogP) is 1.62. The van der Waals surface area contributed by atoms with E-state index in [1.807, 2.05) is 38.1 Å². The van der Waals surface area contributed by atoms with Gasteiger partial charge in [0.05, 0.1) is 18.6 Å². The minimum absolute atomic E-state index is 0.0237. The van der Waals surface area contributed by atoms with E-state index in [0.717, 1.165) is 5.56 Å². The number of anilines is 1. The first-order chi connectivity index (χ1) is 10.5. The molecule has 0 aliphatic carbocycles. The highest BCUT2D eigenvalue weighted by Crippen LogP contribution is 2.18. The zero-order valence-corrected chi connectivity index (χ0v) is 13.3. The van der Waals surface area contributed by atoms with Gasteiger partial charge in [-0.1, -0.05) is 18.2 Å². The van der Waals surface area contributed by atoms with Crippen molar-refractivity contribution in [1.82, 2.24) is 10.2 Å². The Labute approximate surface area is 130 Å². The Bertz CT molecular complexity index is 537. The Hall–Kier alpha value is -2.08. The normalized spacial score (nSPS) is 21.3. The third-order valence-electron chi connectivity index (χ3n) is 3.60. The molecule has 1 aromatic rings. The van der Waals surface area contributed by atoms with Gasteiger partial charge in [0.2, 0.25) is 5.91 Å². The van der Waals surface area contributed by atoms with Crippen molar-refractivity contribution in [3.8, 4) is 0 Å². The van der Waals surface area contributed by atoms with Gasteiger partial charge in [0.1, 0.15) is 0 Å². The highest BCUT2D eigenvalue weighted by Gasteiger charge is 2.26. The second-order valence-electron chi connectivity index (χ2n) is 5.60. The van der Waals surface area contributed by atoms with Crippen LogP contribution in [0.5, 0.6) is 0 Å². The van der Waals surface area contributed by atoms with Crippen LogP contribution in [0.1, 0.15) is 19.4 Å². The Kier molecular flexibility index (Phi) is 5.38. The lowest BCUT2D eigenvalue weighted by Gasteiger charge is -2.35. The van der Waals surface area contributed by atoms with Crippen molar-refractivity contribution in [3.63, 3.8) is 0 Å². The molecule has 3 amide bonds. The molecule has 120 valence electrons. The fraction of sp³-hybridized carbons (Fsp3) is 0.500. The van der Waals surface area contributed by atoms with Crippen molar-refractivity contribution in [1.29, 1.82) is 0 Å². The van der Waals surface area contributed by atoms with Gasteiger partial charge >= 0.3 is 6.03 Å². The maximum atomic E-state index is 12.4. The highest BCUT2D eigenvalue weighted by molar-refractivity contribution is 5.91. The molecule has 1 aliphatic rings. The number of nitrogens with zero attached hydrogens (tertiary/aromatic N) is 1. The summed E-state index contributed by atoms with van der Waals surface area (Å²) in [4.78, 5) is 25.7. The lowest BCUT2D eigenvalue weighted by atomic mass is 10.1. The van der Waals surface area contributed by atoms with E-state index in [0.29, 0.717) is 18.8 Å². The van der Waals surface area contributed by atoms with Crippen molar-refractivity contribution >= 4 is 17.6 Å². The summed E-state index contributed by atoms with van der Waals surface area (Å²) in [6.45, 7) is 5.03. The summed E-state index contributed by atoms with van der Waals surface area (Å²) in [6.07, 6.45) is 0.286.